The average molecular weight is 218 g/mol. The number of aryl methyl sites for hydroxylation is 1. The van der Waals surface area contributed by atoms with E-state index in [0.717, 1.165) is 6.42 Å². The van der Waals surface area contributed by atoms with Crippen LogP contribution < -0.4 is 0 Å². The van der Waals surface area contributed by atoms with E-state index >= 15 is 0 Å². The smallest absolute Gasteiger partial charge is 0.0537 e. The molecule has 88 valence electrons. The summed E-state index contributed by atoms with van der Waals surface area (Å²) < 4.78 is 0. The predicted octanol–water partition coefficient (Wildman–Crippen LogP) is 3.51. The van der Waals surface area contributed by atoms with Crippen LogP contribution in [-0.2, 0) is 6.42 Å². The second kappa shape index (κ2) is 5.01. The molecular formula is C15H22O. The van der Waals surface area contributed by atoms with Gasteiger partial charge in [-0.1, -0.05) is 31.2 Å². The number of hydrogen-bond donors (Lipinski definition) is 1. The van der Waals surface area contributed by atoms with Crippen molar-refractivity contribution in [3.63, 3.8) is 0 Å². The maximum atomic E-state index is 9.60. The third-order valence-corrected chi connectivity index (χ3v) is 3.97. The Morgan fingerprint density at radius 2 is 2.06 bits per heavy atom. The molecule has 0 aromatic heterocycles. The van der Waals surface area contributed by atoms with Gasteiger partial charge in [0.1, 0.15) is 0 Å². The molecule has 1 heteroatoms. The van der Waals surface area contributed by atoms with Crippen molar-refractivity contribution in [1.29, 1.82) is 0 Å². The third-order valence-electron chi connectivity index (χ3n) is 3.97. The Morgan fingerprint density at radius 3 is 2.81 bits per heavy atom. The summed E-state index contributed by atoms with van der Waals surface area (Å²) in [6.07, 6.45) is 4.75. The lowest BCUT2D eigenvalue weighted by molar-refractivity contribution is 0.124. The van der Waals surface area contributed by atoms with Crippen molar-refractivity contribution in [3.8, 4) is 0 Å². The van der Waals surface area contributed by atoms with Crippen LogP contribution in [0.5, 0.6) is 0 Å². The molecule has 0 spiro atoms. The second-order valence-corrected chi connectivity index (χ2v) is 5.24. The highest BCUT2D eigenvalue weighted by Gasteiger charge is 2.22. The first-order valence-electron chi connectivity index (χ1n) is 6.44. The van der Waals surface area contributed by atoms with E-state index in [4.69, 9.17) is 0 Å². The Bertz CT molecular complexity index is 343. The van der Waals surface area contributed by atoms with Crippen molar-refractivity contribution in [2.75, 3.05) is 0 Å². The van der Waals surface area contributed by atoms with Crippen LogP contribution in [0.2, 0.25) is 0 Å². The fourth-order valence-electron chi connectivity index (χ4n) is 2.75. The van der Waals surface area contributed by atoms with Gasteiger partial charge in [0.05, 0.1) is 6.10 Å². The van der Waals surface area contributed by atoms with Gasteiger partial charge in [0.25, 0.3) is 0 Å². The van der Waals surface area contributed by atoms with Crippen molar-refractivity contribution >= 4 is 0 Å². The molecule has 1 aromatic carbocycles. The van der Waals surface area contributed by atoms with Crippen LogP contribution >= 0.6 is 0 Å². The molecule has 0 aliphatic heterocycles. The van der Waals surface area contributed by atoms with Crippen LogP contribution in [0.3, 0.4) is 0 Å². The van der Waals surface area contributed by atoms with Gasteiger partial charge in [-0.05, 0) is 55.6 Å². The van der Waals surface area contributed by atoms with Crippen LogP contribution in [0, 0.1) is 5.92 Å². The van der Waals surface area contributed by atoms with Crippen LogP contribution in [0.25, 0.3) is 0 Å². The molecule has 0 saturated heterocycles. The van der Waals surface area contributed by atoms with Crippen LogP contribution in [0.1, 0.15) is 50.2 Å². The normalized spacial score (nSPS) is 23.6. The summed E-state index contributed by atoms with van der Waals surface area (Å²) in [7, 11) is 0. The minimum absolute atomic E-state index is 0.186. The minimum atomic E-state index is -0.186. The lowest BCUT2D eigenvalue weighted by Gasteiger charge is -2.28. The molecule has 1 N–H and O–H groups in total. The highest BCUT2D eigenvalue weighted by atomic mass is 16.3. The summed E-state index contributed by atoms with van der Waals surface area (Å²) in [5.41, 5.74) is 3.05. The molecule has 3 atom stereocenters. The molecular weight excluding hydrogens is 196 g/mol. The number of aliphatic hydroxyl groups is 1. The zero-order valence-electron chi connectivity index (χ0n) is 10.3. The number of rotatable bonds is 3. The van der Waals surface area contributed by atoms with E-state index in [-0.39, 0.29) is 6.10 Å². The van der Waals surface area contributed by atoms with Gasteiger partial charge < -0.3 is 5.11 Å². The molecule has 0 radical (unpaired) electrons. The second-order valence-electron chi connectivity index (χ2n) is 5.24. The van der Waals surface area contributed by atoms with Gasteiger partial charge in [-0.15, -0.1) is 0 Å². The number of aliphatic hydroxyl groups excluding tert-OH is 1. The van der Waals surface area contributed by atoms with Crippen molar-refractivity contribution in [3.05, 3.63) is 35.4 Å². The molecule has 3 unspecified atom stereocenters. The van der Waals surface area contributed by atoms with Crippen molar-refractivity contribution < 1.29 is 5.11 Å². The molecule has 0 heterocycles. The monoisotopic (exact) mass is 218 g/mol. The Kier molecular flexibility index (Phi) is 3.65. The fraction of sp³-hybridized carbons (Fsp3) is 0.600. The summed E-state index contributed by atoms with van der Waals surface area (Å²) >= 11 is 0. The van der Waals surface area contributed by atoms with Gasteiger partial charge in [0.15, 0.2) is 0 Å². The third kappa shape index (κ3) is 2.46. The topological polar surface area (TPSA) is 20.2 Å². The zero-order chi connectivity index (χ0) is 11.5. The molecule has 1 aromatic rings. The van der Waals surface area contributed by atoms with Gasteiger partial charge in [-0.3, -0.25) is 0 Å². The van der Waals surface area contributed by atoms with Crippen LogP contribution in [-0.4, -0.2) is 11.2 Å². The molecule has 0 fully saturated rings. The Hall–Kier alpha value is -0.820. The van der Waals surface area contributed by atoms with Gasteiger partial charge >= 0.3 is 0 Å². The SMILES string of the molecule is CC(O)C(C)CC1CCCc2ccccc21. The predicted molar refractivity (Wildman–Crippen MR) is 67.6 cm³/mol. The molecule has 1 aliphatic rings. The quantitative estimate of drug-likeness (QED) is 0.823. The Morgan fingerprint density at radius 1 is 1.31 bits per heavy atom. The number of fused-ring (bicyclic) bond motifs is 1. The van der Waals surface area contributed by atoms with Crippen molar-refractivity contribution in [2.24, 2.45) is 5.92 Å². The summed E-state index contributed by atoms with van der Waals surface area (Å²) in [6.45, 7) is 4.06. The van der Waals surface area contributed by atoms with E-state index in [1.54, 1.807) is 0 Å². The molecule has 0 bridgehead atoms. The van der Waals surface area contributed by atoms with E-state index in [0.29, 0.717) is 11.8 Å². The minimum Gasteiger partial charge on any atom is -0.393 e. The first kappa shape index (κ1) is 11.7. The fourth-order valence-corrected chi connectivity index (χ4v) is 2.75. The van der Waals surface area contributed by atoms with E-state index in [9.17, 15) is 5.11 Å². The highest BCUT2D eigenvalue weighted by Crippen LogP contribution is 2.36. The Balaban J connectivity index is 2.13. The first-order valence-corrected chi connectivity index (χ1v) is 6.44. The molecule has 1 aliphatic carbocycles. The summed E-state index contributed by atoms with van der Waals surface area (Å²) in [6, 6.07) is 8.81. The van der Waals surface area contributed by atoms with Gasteiger partial charge in [-0.25, -0.2) is 0 Å². The standard InChI is InChI=1S/C15H22O/c1-11(12(2)16)10-14-8-5-7-13-6-3-4-9-15(13)14/h3-4,6,9,11-12,14,16H,5,7-8,10H2,1-2H3. The van der Waals surface area contributed by atoms with Gasteiger partial charge in [-0.2, -0.15) is 0 Å². The van der Waals surface area contributed by atoms with E-state index in [2.05, 4.69) is 31.2 Å². The van der Waals surface area contributed by atoms with Crippen molar-refractivity contribution in [2.45, 2.75) is 51.6 Å². The van der Waals surface area contributed by atoms with Crippen LogP contribution in [0.15, 0.2) is 24.3 Å². The van der Waals surface area contributed by atoms with Crippen molar-refractivity contribution in [1.82, 2.24) is 0 Å². The summed E-state index contributed by atoms with van der Waals surface area (Å²) in [5, 5.41) is 9.60. The zero-order valence-corrected chi connectivity index (χ0v) is 10.3. The highest BCUT2D eigenvalue weighted by molar-refractivity contribution is 5.32. The maximum Gasteiger partial charge on any atom is 0.0537 e. The number of benzene rings is 1. The first-order chi connectivity index (χ1) is 7.68. The van der Waals surface area contributed by atoms with Gasteiger partial charge in [0.2, 0.25) is 0 Å². The lowest BCUT2D eigenvalue weighted by Crippen LogP contribution is -2.19. The molecule has 1 nitrogen and oxygen atoms in total. The van der Waals surface area contributed by atoms with E-state index in [1.807, 2.05) is 6.92 Å². The average Bonchev–Trinajstić information content (AvgIpc) is 2.29. The number of hydrogen-bond acceptors (Lipinski definition) is 1. The molecule has 16 heavy (non-hydrogen) atoms. The Labute approximate surface area is 98.5 Å². The summed E-state index contributed by atoms with van der Waals surface area (Å²) in [4.78, 5) is 0. The maximum absolute atomic E-state index is 9.60. The van der Waals surface area contributed by atoms with E-state index in [1.165, 1.54) is 30.4 Å². The lowest BCUT2D eigenvalue weighted by atomic mass is 9.78. The summed E-state index contributed by atoms with van der Waals surface area (Å²) in [5.74, 6) is 1.06. The molecule has 0 saturated carbocycles. The van der Waals surface area contributed by atoms with Gasteiger partial charge in [0, 0.05) is 0 Å². The largest absolute Gasteiger partial charge is 0.393 e. The molecule has 2 rings (SSSR count). The van der Waals surface area contributed by atoms with Crippen LogP contribution in [0.4, 0.5) is 0 Å². The molecule has 0 amide bonds. The van der Waals surface area contributed by atoms with E-state index < -0.39 is 0 Å².